The molecule has 20 nitrogen and oxygen atoms in total. The van der Waals surface area contributed by atoms with Gasteiger partial charge in [-0.05, 0) is 105 Å². The van der Waals surface area contributed by atoms with Crippen molar-refractivity contribution in [2.75, 3.05) is 61.3 Å². The Bertz CT molecular complexity index is 2840. The summed E-state index contributed by atoms with van der Waals surface area (Å²) in [4.78, 5) is 99.8. The second-order valence-corrected chi connectivity index (χ2v) is 19.2. The Hall–Kier alpha value is -7.29. The quantitative estimate of drug-likeness (QED) is 0.147. The van der Waals surface area contributed by atoms with Gasteiger partial charge in [-0.15, -0.1) is 5.12 Å². The van der Waals surface area contributed by atoms with Gasteiger partial charge >= 0.3 is 5.97 Å². The van der Waals surface area contributed by atoms with Crippen LogP contribution in [0.5, 0.6) is 0 Å². The van der Waals surface area contributed by atoms with E-state index in [2.05, 4.69) is 30.8 Å². The molecule has 2 aromatic heterocycles. The largest absolute Gasteiger partial charge is 0.480 e. The topological polar surface area (TPSA) is 222 Å². The minimum atomic E-state index is -1.46. The third kappa shape index (κ3) is 8.70. The summed E-state index contributed by atoms with van der Waals surface area (Å²) in [5.74, 6) is -3.12. The van der Waals surface area contributed by atoms with Crippen molar-refractivity contribution in [2.45, 2.75) is 82.0 Å². The number of carbonyl (C=O) groups is 6. The molecule has 9 aliphatic heterocycles. The number of nitrogens with zero attached hydrogens (tertiary/aromatic N) is 10. The maximum Gasteiger partial charge on any atom is 0.329 e. The molecule has 15 rings (SSSR count). The van der Waals surface area contributed by atoms with Crippen LogP contribution in [-0.2, 0) is 25.6 Å². The summed E-state index contributed by atoms with van der Waals surface area (Å²) in [5.41, 5.74) is 7.36. The van der Waals surface area contributed by atoms with Gasteiger partial charge in [-0.3, -0.25) is 49.3 Å². The van der Waals surface area contributed by atoms with E-state index in [0.29, 0.717) is 60.9 Å². The lowest BCUT2D eigenvalue weighted by molar-refractivity contribution is -0.158. The lowest BCUT2D eigenvalue weighted by Crippen LogP contribution is -2.60. The molecule has 1 saturated carbocycles. The zero-order chi connectivity index (χ0) is 48.0. The molecule has 20 heteroatoms. The third-order valence-electron chi connectivity index (χ3n) is 14.9. The van der Waals surface area contributed by atoms with E-state index in [1.807, 2.05) is 64.2 Å². The number of aromatic nitrogens is 4. The first-order valence-corrected chi connectivity index (χ1v) is 24.3. The molecule has 5 amide bonds. The highest BCUT2D eigenvalue weighted by molar-refractivity contribution is 6.23. The predicted octanol–water partition coefficient (Wildman–Crippen LogP) is 3.71. The highest BCUT2D eigenvalue weighted by atomic mass is 16.4. The van der Waals surface area contributed by atoms with Gasteiger partial charge in [-0.2, -0.15) is 0 Å². The Labute approximate surface area is 403 Å². The van der Waals surface area contributed by atoms with Crippen LogP contribution in [0.3, 0.4) is 0 Å². The number of piperidine rings is 2. The number of imide groups is 2. The molecule has 5 aromatic rings. The molecule has 362 valence electrons. The summed E-state index contributed by atoms with van der Waals surface area (Å²) >= 11 is 0. The van der Waals surface area contributed by atoms with Crippen molar-refractivity contribution < 1.29 is 33.9 Å². The second kappa shape index (κ2) is 18.9. The van der Waals surface area contributed by atoms with Crippen LogP contribution in [0.1, 0.15) is 95.3 Å². The van der Waals surface area contributed by atoms with Crippen molar-refractivity contribution in [1.29, 1.82) is 0 Å². The lowest BCUT2D eigenvalue weighted by atomic mass is 9.86. The van der Waals surface area contributed by atoms with E-state index in [-0.39, 0.29) is 47.5 Å². The molecule has 70 heavy (non-hydrogen) atoms. The van der Waals surface area contributed by atoms with Gasteiger partial charge in [0.05, 0.1) is 29.6 Å². The van der Waals surface area contributed by atoms with E-state index in [1.54, 1.807) is 22.6 Å². The number of imidazole rings is 1. The standard InChI is InChI=1S/C50H55N13O7/c64-41-15-14-40(47(66)55-41)61-48(67)38-13-8-33(26-39(38)49(61)68)44(50(69)70)63-59-19-16-31(17-20-59)7-4-18-57-21-23-58(24-22-57)35-9-11-36(12-10-35)62(63)56-45-43-46(52-29-51-45)60(30-53-43)37-27-34(28-37)54-42(65)25-32-5-2-1-3-6-32/h1-3,5-6,8-13,26,29-31,34,37,40,44H,4,7,14-25,27-28H2,(H,54,65)(H,69,70)(H,51,52,56)(H,55,64,66)/t34?,37?,40-,44-/m0/s1. The van der Waals surface area contributed by atoms with Crippen molar-refractivity contribution in [2.24, 2.45) is 5.92 Å². The molecular weight excluding hydrogens is 895 g/mol. The van der Waals surface area contributed by atoms with E-state index in [1.165, 1.54) is 18.5 Å². The smallest absolute Gasteiger partial charge is 0.329 e. The number of benzene rings is 3. The molecule has 4 N–H and O–H groups in total. The number of carboxylic acids is 1. The molecule has 0 spiro atoms. The number of aliphatic carboxylic acids is 1. The van der Waals surface area contributed by atoms with Gasteiger partial charge in [-0.1, -0.05) is 36.4 Å². The number of hydrogen-bond donors (Lipinski definition) is 4. The Morgan fingerprint density at radius 2 is 1.53 bits per heavy atom. The van der Waals surface area contributed by atoms with Gasteiger partial charge in [0.25, 0.3) is 11.8 Å². The molecule has 0 radical (unpaired) electrons. The van der Waals surface area contributed by atoms with E-state index >= 15 is 0 Å². The Morgan fingerprint density at radius 1 is 0.786 bits per heavy atom. The summed E-state index contributed by atoms with van der Waals surface area (Å²) in [6, 6.07) is 19.4. The molecule has 0 unspecified atom stereocenters. The average molecular weight is 950 g/mol. The second-order valence-electron chi connectivity index (χ2n) is 19.2. The van der Waals surface area contributed by atoms with Gasteiger partial charge in [0.1, 0.15) is 12.4 Å². The number of piperazine rings is 1. The van der Waals surface area contributed by atoms with Crippen LogP contribution in [-0.4, -0.2) is 138 Å². The van der Waals surface area contributed by atoms with Crippen molar-refractivity contribution in [3.8, 4) is 0 Å². The number of amides is 5. The fourth-order valence-corrected chi connectivity index (χ4v) is 11.0. The number of rotatable bonds is 10. The minimum absolute atomic E-state index is 0.00222. The Kier molecular flexibility index (Phi) is 12.2. The van der Waals surface area contributed by atoms with Crippen LogP contribution >= 0.6 is 0 Å². The molecule has 2 atom stereocenters. The number of nitrogens with one attached hydrogen (secondary N) is 3. The normalized spacial score (nSPS) is 25.4. The highest BCUT2D eigenvalue weighted by Gasteiger charge is 2.46. The maximum atomic E-state index is 14.1. The zero-order valence-corrected chi connectivity index (χ0v) is 38.7. The van der Waals surface area contributed by atoms with Gasteiger partial charge in [0.15, 0.2) is 23.0 Å². The maximum absolute atomic E-state index is 14.1. The predicted molar refractivity (Wildman–Crippen MR) is 256 cm³/mol. The summed E-state index contributed by atoms with van der Waals surface area (Å²) < 4.78 is 2.00. The number of hydrazine groups is 3. The average Bonchev–Trinajstić information content (AvgIpc) is 3.89. The number of hydrogen-bond acceptors (Lipinski definition) is 15. The molecule has 10 aliphatic rings. The number of carbonyl (C=O) groups excluding carboxylic acids is 5. The van der Waals surface area contributed by atoms with Gasteiger partial charge in [0, 0.05) is 63.5 Å². The van der Waals surface area contributed by atoms with E-state index in [9.17, 15) is 33.9 Å². The molecular formula is C50H55N13O7. The SMILES string of the molecule is O=C1CC[C@H](N2C(=O)c3ccc([C@@H](C(=O)O)N4N5CCC(CCCN6CCN(CC6)c6ccc(cc6)N4Nc4ncnc6c4ncn6C4CC(NC(=O)Cc6ccccc6)C4)CC5)cc3C2=O)C(=O)N1. The molecule has 6 bridgehead atoms. The van der Waals surface area contributed by atoms with Gasteiger partial charge in [0.2, 0.25) is 17.7 Å². The molecule has 3 saturated heterocycles. The summed E-state index contributed by atoms with van der Waals surface area (Å²) in [6.07, 6.45) is 8.60. The first-order valence-electron chi connectivity index (χ1n) is 24.3. The van der Waals surface area contributed by atoms with Crippen LogP contribution in [0.15, 0.2) is 85.5 Å². The summed E-state index contributed by atoms with van der Waals surface area (Å²) in [7, 11) is 0. The molecule has 3 aromatic carbocycles. The van der Waals surface area contributed by atoms with Crippen LogP contribution in [0.4, 0.5) is 17.2 Å². The molecule has 1 aliphatic carbocycles. The zero-order valence-electron chi connectivity index (χ0n) is 38.7. The van der Waals surface area contributed by atoms with Crippen molar-refractivity contribution >= 4 is 63.9 Å². The van der Waals surface area contributed by atoms with Crippen molar-refractivity contribution in [3.05, 3.63) is 108 Å². The fraction of sp³-hybridized carbons (Fsp3) is 0.420. The summed E-state index contributed by atoms with van der Waals surface area (Å²) in [5, 5.41) is 22.3. The first kappa shape index (κ1) is 45.2. The van der Waals surface area contributed by atoms with Crippen LogP contribution < -0.4 is 26.1 Å². The van der Waals surface area contributed by atoms with Crippen LogP contribution in [0.25, 0.3) is 11.2 Å². The van der Waals surface area contributed by atoms with Gasteiger partial charge < -0.3 is 19.9 Å². The Balaban J connectivity index is 0.948. The number of anilines is 3. The molecule has 4 fully saturated rings. The summed E-state index contributed by atoms with van der Waals surface area (Å²) in [6.45, 7) is 5.80. The number of fused-ring (bicyclic) bond motifs is 3. The van der Waals surface area contributed by atoms with E-state index in [0.717, 1.165) is 74.6 Å². The van der Waals surface area contributed by atoms with Crippen LogP contribution in [0.2, 0.25) is 0 Å². The Morgan fingerprint density at radius 3 is 2.27 bits per heavy atom. The van der Waals surface area contributed by atoms with Crippen LogP contribution in [0, 0.1) is 5.92 Å². The fourth-order valence-electron chi connectivity index (χ4n) is 11.0. The number of carboxylic acid groups (broad SMARTS) is 1. The van der Waals surface area contributed by atoms with Crippen molar-refractivity contribution in [1.82, 2.24) is 50.1 Å². The monoisotopic (exact) mass is 949 g/mol. The minimum Gasteiger partial charge on any atom is -0.480 e. The molecule has 11 heterocycles. The third-order valence-corrected chi connectivity index (χ3v) is 14.9. The van der Waals surface area contributed by atoms with Gasteiger partial charge in [-0.25, -0.2) is 25.1 Å². The van der Waals surface area contributed by atoms with E-state index < -0.39 is 41.7 Å². The first-order chi connectivity index (χ1) is 34.1. The van der Waals surface area contributed by atoms with Crippen molar-refractivity contribution in [3.63, 3.8) is 0 Å². The highest BCUT2D eigenvalue weighted by Crippen LogP contribution is 2.39. The lowest BCUT2D eigenvalue weighted by Gasteiger charge is -2.48. The van der Waals surface area contributed by atoms with E-state index in [4.69, 9.17) is 9.97 Å².